The Hall–Kier alpha value is -0.650. The monoisotopic (exact) mass is 490 g/mol. The number of carboxylic acid groups (broad SMARTS) is 1. The Morgan fingerprint density at radius 3 is 2.03 bits per heavy atom. The fourth-order valence-corrected chi connectivity index (χ4v) is 11.5. The zero-order valence-corrected chi connectivity index (χ0v) is 23.1. The molecule has 5 fully saturated rings. The highest BCUT2D eigenvalue weighted by molar-refractivity contribution is 5.76. The second-order valence-corrected chi connectivity index (χ2v) is 15.7. The van der Waals surface area contributed by atoms with Crippen LogP contribution in [0.25, 0.3) is 0 Å². The molecule has 0 amide bonds. The van der Waals surface area contributed by atoms with Crippen LogP contribution in [0.15, 0.2) is 0 Å². The van der Waals surface area contributed by atoms with Gasteiger partial charge in [0.05, 0.1) is 23.7 Å². The summed E-state index contributed by atoms with van der Waals surface area (Å²) in [6.45, 7) is 16.0. The molecule has 11 atom stereocenters. The van der Waals surface area contributed by atoms with E-state index in [4.69, 9.17) is 0 Å². The highest BCUT2D eigenvalue weighted by atomic mass is 16.4. The number of hydrogen-bond acceptors (Lipinski definition) is 4. The van der Waals surface area contributed by atoms with Crippen LogP contribution >= 0.6 is 0 Å². The van der Waals surface area contributed by atoms with Gasteiger partial charge in [-0.1, -0.05) is 48.5 Å². The van der Waals surface area contributed by atoms with E-state index in [0.717, 1.165) is 38.5 Å². The summed E-state index contributed by atoms with van der Waals surface area (Å²) >= 11 is 0. The highest BCUT2D eigenvalue weighted by Crippen LogP contribution is 2.77. The van der Waals surface area contributed by atoms with E-state index in [0.29, 0.717) is 25.2 Å². The maximum absolute atomic E-state index is 12.9. The first-order valence-electron chi connectivity index (χ1n) is 14.2. The summed E-state index contributed by atoms with van der Waals surface area (Å²) < 4.78 is 0. The minimum atomic E-state index is -1.15. The number of rotatable bonds is 1. The van der Waals surface area contributed by atoms with E-state index < -0.39 is 23.6 Å². The molecule has 0 aromatic rings. The Morgan fingerprint density at radius 2 is 1.40 bits per heavy atom. The summed E-state index contributed by atoms with van der Waals surface area (Å²) in [5, 5.41) is 45.1. The van der Waals surface area contributed by atoms with Gasteiger partial charge in [-0.15, -0.1) is 0 Å². The summed E-state index contributed by atoms with van der Waals surface area (Å²) in [6.07, 6.45) is 5.27. The molecule has 0 radical (unpaired) electrons. The van der Waals surface area contributed by atoms with Gasteiger partial charge in [-0.2, -0.15) is 0 Å². The van der Waals surface area contributed by atoms with Crippen LogP contribution in [0.1, 0.15) is 106 Å². The molecule has 5 aliphatic carbocycles. The number of aliphatic hydroxyl groups is 3. The van der Waals surface area contributed by atoms with Crippen molar-refractivity contribution < 1.29 is 25.2 Å². The third kappa shape index (κ3) is 3.07. The molecule has 0 bridgehead atoms. The molecule has 5 nitrogen and oxygen atoms in total. The number of hydrogen-bond donors (Lipinski definition) is 4. The molecule has 200 valence electrons. The van der Waals surface area contributed by atoms with Crippen molar-refractivity contribution in [2.24, 2.45) is 56.2 Å². The first-order chi connectivity index (χ1) is 16.0. The summed E-state index contributed by atoms with van der Waals surface area (Å²) in [5.41, 5.74) is -1.71. The van der Waals surface area contributed by atoms with Gasteiger partial charge >= 0.3 is 5.97 Å². The molecule has 5 saturated carbocycles. The molecule has 0 aliphatic heterocycles. The molecule has 5 heteroatoms. The minimum absolute atomic E-state index is 0.00618. The second kappa shape index (κ2) is 7.47. The summed E-state index contributed by atoms with van der Waals surface area (Å²) in [6, 6.07) is 0. The molecule has 5 aliphatic rings. The lowest BCUT2D eigenvalue weighted by Gasteiger charge is -2.74. The van der Waals surface area contributed by atoms with Crippen LogP contribution in [0.4, 0.5) is 0 Å². The molecule has 4 N–H and O–H groups in total. The smallest absolute Gasteiger partial charge is 0.312 e. The van der Waals surface area contributed by atoms with Gasteiger partial charge in [0.25, 0.3) is 0 Å². The van der Waals surface area contributed by atoms with Crippen LogP contribution in [-0.2, 0) is 4.79 Å². The normalized spacial score (nSPS) is 56.7. The van der Waals surface area contributed by atoms with Gasteiger partial charge in [-0.25, -0.2) is 0 Å². The van der Waals surface area contributed by atoms with Crippen molar-refractivity contribution in [3.8, 4) is 0 Å². The van der Waals surface area contributed by atoms with Crippen LogP contribution in [0, 0.1) is 56.2 Å². The topological polar surface area (TPSA) is 98.0 Å². The standard InChI is InChI=1S/C30H50O5/c1-25(2)12-13-30(24(34)35)17(15-25)23-18(31)14-20-27(5)10-9-21(32)26(3,4)19(27)8-11-28(20,6)29(23,7)16-22(30)33/h17-23,31-33H,8-16H2,1-7H3,(H,34,35)/t17-,18?,19-,20+,21-,22+,23?,27-,28+,29+,30+/m0/s1. The van der Waals surface area contributed by atoms with E-state index in [1.807, 2.05) is 0 Å². The third-order valence-corrected chi connectivity index (χ3v) is 13.7. The van der Waals surface area contributed by atoms with Gasteiger partial charge in [0.1, 0.15) is 0 Å². The van der Waals surface area contributed by atoms with Crippen molar-refractivity contribution in [1.29, 1.82) is 0 Å². The van der Waals surface area contributed by atoms with E-state index in [9.17, 15) is 25.2 Å². The Morgan fingerprint density at radius 1 is 0.743 bits per heavy atom. The van der Waals surface area contributed by atoms with Crippen molar-refractivity contribution >= 4 is 5.97 Å². The quantitative estimate of drug-likeness (QED) is 0.402. The summed E-state index contributed by atoms with van der Waals surface area (Å²) in [7, 11) is 0. The predicted octanol–water partition coefficient (Wildman–Crippen LogP) is 5.26. The van der Waals surface area contributed by atoms with Gasteiger partial charge in [-0.05, 0) is 109 Å². The van der Waals surface area contributed by atoms with Gasteiger partial charge < -0.3 is 20.4 Å². The molecule has 0 aromatic carbocycles. The number of aliphatic hydroxyl groups excluding tert-OH is 3. The lowest BCUT2D eigenvalue weighted by atomic mass is 9.30. The first kappa shape index (κ1) is 26.0. The zero-order valence-electron chi connectivity index (χ0n) is 23.1. The Labute approximate surface area is 212 Å². The SMILES string of the molecule is CC1(C)CC[C@]2(C(=O)O)[C@H](O)C[C@]3(C)C(C(O)C[C@@H]4[C@@]5(C)CC[C@H](O)C(C)(C)[C@@H]5CC[C@]43C)[C@@H]2C1. The molecular weight excluding hydrogens is 440 g/mol. The van der Waals surface area contributed by atoms with Crippen LogP contribution < -0.4 is 0 Å². The largest absolute Gasteiger partial charge is 0.481 e. The molecule has 35 heavy (non-hydrogen) atoms. The molecular formula is C30H50O5. The van der Waals surface area contributed by atoms with Crippen molar-refractivity contribution in [3.63, 3.8) is 0 Å². The van der Waals surface area contributed by atoms with Crippen LogP contribution in [-0.4, -0.2) is 44.7 Å². The Balaban J connectivity index is 1.62. The van der Waals surface area contributed by atoms with Crippen LogP contribution in [0.2, 0.25) is 0 Å². The first-order valence-corrected chi connectivity index (χ1v) is 14.2. The molecule has 2 unspecified atom stereocenters. The fraction of sp³-hybridized carbons (Fsp3) is 0.967. The second-order valence-electron chi connectivity index (χ2n) is 15.7. The average molecular weight is 491 g/mol. The van der Waals surface area contributed by atoms with E-state index in [1.165, 1.54) is 0 Å². The predicted molar refractivity (Wildman–Crippen MR) is 135 cm³/mol. The van der Waals surface area contributed by atoms with Crippen molar-refractivity contribution in [1.82, 2.24) is 0 Å². The van der Waals surface area contributed by atoms with Crippen molar-refractivity contribution in [2.75, 3.05) is 0 Å². The number of carboxylic acids is 1. The van der Waals surface area contributed by atoms with Gasteiger partial charge in [0.2, 0.25) is 0 Å². The lowest BCUT2D eigenvalue weighted by molar-refractivity contribution is -0.294. The minimum Gasteiger partial charge on any atom is -0.481 e. The molecule has 0 saturated heterocycles. The van der Waals surface area contributed by atoms with Gasteiger partial charge in [0.15, 0.2) is 0 Å². The Bertz CT molecular complexity index is 897. The van der Waals surface area contributed by atoms with Crippen molar-refractivity contribution in [2.45, 2.75) is 125 Å². The highest BCUT2D eigenvalue weighted by Gasteiger charge is 2.74. The van der Waals surface area contributed by atoms with E-state index in [1.54, 1.807) is 0 Å². The van der Waals surface area contributed by atoms with Gasteiger partial charge in [0, 0.05) is 0 Å². The average Bonchev–Trinajstić information content (AvgIpc) is 2.72. The molecule has 5 rings (SSSR count). The third-order valence-electron chi connectivity index (χ3n) is 13.7. The van der Waals surface area contributed by atoms with Crippen molar-refractivity contribution in [3.05, 3.63) is 0 Å². The van der Waals surface area contributed by atoms with E-state index in [2.05, 4.69) is 48.5 Å². The maximum atomic E-state index is 12.9. The molecule has 0 heterocycles. The van der Waals surface area contributed by atoms with Gasteiger partial charge in [-0.3, -0.25) is 4.79 Å². The number of aliphatic carboxylic acids is 1. The maximum Gasteiger partial charge on any atom is 0.312 e. The fourth-order valence-electron chi connectivity index (χ4n) is 11.5. The molecule has 0 spiro atoms. The summed E-state index contributed by atoms with van der Waals surface area (Å²) in [5.74, 6) is -0.529. The number of fused-ring (bicyclic) bond motifs is 7. The zero-order chi connectivity index (χ0) is 26.0. The summed E-state index contributed by atoms with van der Waals surface area (Å²) in [4.78, 5) is 12.9. The van der Waals surface area contributed by atoms with E-state index >= 15 is 0 Å². The van der Waals surface area contributed by atoms with Crippen LogP contribution in [0.3, 0.4) is 0 Å². The van der Waals surface area contributed by atoms with Crippen LogP contribution in [0.5, 0.6) is 0 Å². The van der Waals surface area contributed by atoms with E-state index in [-0.39, 0.29) is 50.9 Å². The molecule has 0 aromatic heterocycles. The Kier molecular flexibility index (Phi) is 5.54. The number of carbonyl (C=O) groups is 1. The lowest BCUT2D eigenvalue weighted by Crippen LogP contribution is -2.73.